The fourth-order valence-electron chi connectivity index (χ4n) is 3.77. The first-order valence-electron chi connectivity index (χ1n) is 10.3. The lowest BCUT2D eigenvalue weighted by Gasteiger charge is -2.39. The Bertz CT molecular complexity index is 1220. The second-order valence-corrected chi connectivity index (χ2v) is 7.65. The fourth-order valence-corrected chi connectivity index (χ4v) is 3.77. The normalized spacial score (nSPS) is 24.7. The third-order valence-electron chi connectivity index (χ3n) is 5.66. The average molecular weight is 476 g/mol. The quantitative estimate of drug-likeness (QED) is 0.333. The van der Waals surface area contributed by atoms with E-state index < -0.39 is 48.5 Å². The SMILES string of the molecule is COc1ccc(-c2coc3cc(O[C@H]4O[C@H](CO)[C@@H](O)[C@H](O)[C@H]4O)c(OC)c(O)c3c2=O)cc1. The Hall–Kier alpha value is -3.35. The van der Waals surface area contributed by atoms with Crippen LogP contribution in [0.1, 0.15) is 0 Å². The van der Waals surface area contributed by atoms with Crippen molar-refractivity contribution in [2.24, 2.45) is 0 Å². The number of phenols is 1. The molecular formula is C23H24O11. The van der Waals surface area contributed by atoms with Crippen molar-refractivity contribution in [2.75, 3.05) is 20.8 Å². The predicted octanol–water partition coefficient (Wildman–Crippen LogP) is 0.361. The van der Waals surface area contributed by atoms with Crippen LogP contribution in [-0.2, 0) is 4.74 Å². The molecule has 1 aromatic heterocycles. The number of benzene rings is 2. The minimum absolute atomic E-state index is 0.0415. The van der Waals surface area contributed by atoms with Gasteiger partial charge in [0.05, 0.1) is 26.4 Å². The summed E-state index contributed by atoms with van der Waals surface area (Å²) in [5, 5.41) is 50.2. The zero-order valence-electron chi connectivity index (χ0n) is 18.2. The van der Waals surface area contributed by atoms with Gasteiger partial charge in [0.25, 0.3) is 0 Å². The van der Waals surface area contributed by atoms with Gasteiger partial charge in [-0.3, -0.25) is 4.79 Å². The molecule has 2 aromatic carbocycles. The molecule has 1 saturated heterocycles. The van der Waals surface area contributed by atoms with E-state index in [4.69, 9.17) is 23.4 Å². The van der Waals surface area contributed by atoms with E-state index in [1.807, 2.05) is 0 Å². The molecule has 5 atom stereocenters. The van der Waals surface area contributed by atoms with Gasteiger partial charge in [0.1, 0.15) is 47.4 Å². The van der Waals surface area contributed by atoms with Crippen LogP contribution in [-0.4, -0.2) is 77.1 Å². The second kappa shape index (κ2) is 9.49. The summed E-state index contributed by atoms with van der Waals surface area (Å²) in [6.45, 7) is -0.645. The first-order valence-corrected chi connectivity index (χ1v) is 10.3. The number of hydrogen-bond acceptors (Lipinski definition) is 11. The summed E-state index contributed by atoms with van der Waals surface area (Å²) in [6.07, 6.45) is -6.43. The van der Waals surface area contributed by atoms with E-state index in [0.29, 0.717) is 11.3 Å². The van der Waals surface area contributed by atoms with E-state index in [2.05, 4.69) is 0 Å². The summed E-state index contributed by atoms with van der Waals surface area (Å²) in [7, 11) is 2.75. The third-order valence-corrected chi connectivity index (χ3v) is 5.66. The molecule has 34 heavy (non-hydrogen) atoms. The smallest absolute Gasteiger partial charge is 0.229 e. The first kappa shape index (κ1) is 23.8. The fraction of sp³-hybridized carbons (Fsp3) is 0.348. The molecule has 0 spiro atoms. The standard InChI is InChI=1S/C23H24O11/c1-30-11-5-3-10(4-6-11)12-9-32-13-7-14(22(31-2)19(27)16(13)17(12)25)33-23-21(29)20(28)18(26)15(8-24)34-23/h3-7,9,15,18,20-21,23-24,26-29H,8H2,1-2H3/t15-,18-,20+,21-,23+/m1/s1. The van der Waals surface area contributed by atoms with Crippen molar-refractivity contribution in [3.63, 3.8) is 0 Å². The molecule has 0 saturated carbocycles. The molecule has 2 heterocycles. The highest BCUT2D eigenvalue weighted by Crippen LogP contribution is 2.43. The highest BCUT2D eigenvalue weighted by atomic mass is 16.7. The van der Waals surface area contributed by atoms with Crippen LogP contribution in [0.2, 0.25) is 0 Å². The number of aromatic hydroxyl groups is 1. The molecule has 0 radical (unpaired) electrons. The number of phenolic OH excluding ortho intramolecular Hbond substituents is 1. The monoisotopic (exact) mass is 476 g/mol. The van der Waals surface area contributed by atoms with Gasteiger partial charge >= 0.3 is 0 Å². The highest BCUT2D eigenvalue weighted by Gasteiger charge is 2.45. The molecule has 0 unspecified atom stereocenters. The number of fused-ring (bicyclic) bond motifs is 1. The maximum Gasteiger partial charge on any atom is 0.229 e. The average Bonchev–Trinajstić information content (AvgIpc) is 2.84. The number of aliphatic hydroxyl groups excluding tert-OH is 4. The molecule has 0 bridgehead atoms. The molecule has 4 rings (SSSR count). The van der Waals surface area contributed by atoms with Crippen molar-refractivity contribution >= 4 is 11.0 Å². The van der Waals surface area contributed by atoms with Crippen LogP contribution in [0.5, 0.6) is 23.0 Å². The molecule has 0 amide bonds. The maximum absolute atomic E-state index is 13.2. The van der Waals surface area contributed by atoms with Crippen molar-refractivity contribution in [1.29, 1.82) is 0 Å². The van der Waals surface area contributed by atoms with E-state index in [-0.39, 0.29) is 28.0 Å². The highest BCUT2D eigenvalue weighted by molar-refractivity contribution is 5.91. The second-order valence-electron chi connectivity index (χ2n) is 7.65. The Morgan fingerprint density at radius 2 is 1.71 bits per heavy atom. The molecule has 1 fully saturated rings. The summed E-state index contributed by atoms with van der Waals surface area (Å²) in [4.78, 5) is 13.2. The van der Waals surface area contributed by atoms with Gasteiger partial charge in [0.2, 0.25) is 17.5 Å². The van der Waals surface area contributed by atoms with Gasteiger partial charge in [-0.25, -0.2) is 0 Å². The molecule has 1 aliphatic heterocycles. The van der Waals surface area contributed by atoms with Crippen molar-refractivity contribution in [1.82, 2.24) is 0 Å². The summed E-state index contributed by atoms with van der Waals surface area (Å²) in [6, 6.07) is 7.95. The summed E-state index contributed by atoms with van der Waals surface area (Å²) in [5.41, 5.74) is 0.160. The summed E-state index contributed by atoms with van der Waals surface area (Å²) < 4.78 is 26.9. The Balaban J connectivity index is 1.76. The number of ether oxygens (including phenoxy) is 4. The van der Waals surface area contributed by atoms with E-state index in [0.717, 1.165) is 0 Å². The minimum Gasteiger partial charge on any atom is -0.504 e. The number of aliphatic hydroxyl groups is 4. The lowest BCUT2D eigenvalue weighted by Crippen LogP contribution is -2.60. The Morgan fingerprint density at radius 3 is 2.32 bits per heavy atom. The van der Waals surface area contributed by atoms with Crippen LogP contribution < -0.4 is 19.6 Å². The molecule has 3 aromatic rings. The number of hydrogen-bond donors (Lipinski definition) is 5. The lowest BCUT2D eigenvalue weighted by molar-refractivity contribution is -0.277. The Morgan fingerprint density at radius 1 is 1.00 bits per heavy atom. The van der Waals surface area contributed by atoms with Gasteiger partial charge < -0.3 is 48.9 Å². The van der Waals surface area contributed by atoms with Crippen LogP contribution in [0.4, 0.5) is 0 Å². The van der Waals surface area contributed by atoms with Crippen LogP contribution in [0.3, 0.4) is 0 Å². The first-order chi connectivity index (χ1) is 16.3. The van der Waals surface area contributed by atoms with E-state index in [9.17, 15) is 30.3 Å². The van der Waals surface area contributed by atoms with Crippen molar-refractivity contribution in [2.45, 2.75) is 30.7 Å². The van der Waals surface area contributed by atoms with Crippen molar-refractivity contribution in [3.8, 4) is 34.1 Å². The van der Waals surface area contributed by atoms with Gasteiger partial charge in [0, 0.05) is 6.07 Å². The predicted molar refractivity (Wildman–Crippen MR) is 117 cm³/mol. The van der Waals surface area contributed by atoms with E-state index in [1.54, 1.807) is 24.3 Å². The minimum atomic E-state index is -1.69. The molecular weight excluding hydrogens is 452 g/mol. The largest absolute Gasteiger partial charge is 0.504 e. The van der Waals surface area contributed by atoms with Gasteiger partial charge in [-0.2, -0.15) is 0 Å². The van der Waals surface area contributed by atoms with Gasteiger partial charge in [0.15, 0.2) is 11.5 Å². The Labute approximate surface area is 192 Å². The maximum atomic E-state index is 13.2. The van der Waals surface area contributed by atoms with Crippen LogP contribution >= 0.6 is 0 Å². The third kappa shape index (κ3) is 4.04. The summed E-state index contributed by atoms with van der Waals surface area (Å²) in [5.74, 6) is -0.377. The van der Waals surface area contributed by atoms with Crippen LogP contribution in [0.25, 0.3) is 22.1 Å². The zero-order chi connectivity index (χ0) is 24.6. The van der Waals surface area contributed by atoms with Crippen LogP contribution in [0.15, 0.2) is 45.8 Å². The topological polar surface area (TPSA) is 168 Å². The summed E-state index contributed by atoms with van der Waals surface area (Å²) >= 11 is 0. The zero-order valence-corrected chi connectivity index (χ0v) is 18.2. The molecule has 0 aliphatic carbocycles. The van der Waals surface area contributed by atoms with Crippen molar-refractivity contribution < 1.29 is 48.9 Å². The van der Waals surface area contributed by atoms with Gasteiger partial charge in [-0.15, -0.1) is 0 Å². The number of rotatable bonds is 6. The van der Waals surface area contributed by atoms with E-state index >= 15 is 0 Å². The molecule has 182 valence electrons. The Kier molecular flexibility index (Phi) is 6.64. The molecule has 11 heteroatoms. The number of methoxy groups -OCH3 is 2. The molecule has 5 N–H and O–H groups in total. The lowest BCUT2D eigenvalue weighted by atomic mass is 9.99. The van der Waals surface area contributed by atoms with Crippen molar-refractivity contribution in [3.05, 3.63) is 46.8 Å². The molecule has 11 nitrogen and oxygen atoms in total. The van der Waals surface area contributed by atoms with Crippen LogP contribution in [0, 0.1) is 0 Å². The van der Waals surface area contributed by atoms with Gasteiger partial charge in [-0.1, -0.05) is 12.1 Å². The van der Waals surface area contributed by atoms with Gasteiger partial charge in [-0.05, 0) is 17.7 Å². The van der Waals surface area contributed by atoms with E-state index in [1.165, 1.54) is 26.5 Å². The molecule has 1 aliphatic rings.